The van der Waals surface area contributed by atoms with E-state index < -0.39 is 0 Å². The molecule has 6 nitrogen and oxygen atoms in total. The minimum Gasteiger partial charge on any atom is -0.438 e. The quantitative estimate of drug-likeness (QED) is 0.124. The van der Waals surface area contributed by atoms with Gasteiger partial charge < -0.3 is 18.9 Å². The average molecular weight is 417 g/mol. The third kappa shape index (κ3) is 23.0. The van der Waals surface area contributed by atoms with Gasteiger partial charge in [-0.3, -0.25) is 9.59 Å². The smallest absolute Gasteiger partial charge is 0.307 e. The average Bonchev–Trinajstić information content (AvgIpc) is 2.71. The van der Waals surface area contributed by atoms with Gasteiger partial charge in [0, 0.05) is 12.8 Å². The summed E-state index contributed by atoms with van der Waals surface area (Å²) in [6.07, 6.45) is 14.6. The highest BCUT2D eigenvalue weighted by molar-refractivity contribution is 5.69. The van der Waals surface area contributed by atoms with E-state index >= 15 is 0 Å². The van der Waals surface area contributed by atoms with E-state index in [4.69, 9.17) is 18.9 Å². The van der Waals surface area contributed by atoms with Crippen molar-refractivity contribution in [3.8, 4) is 0 Å². The Labute approximate surface area is 178 Å². The number of rotatable bonds is 22. The van der Waals surface area contributed by atoms with Crippen LogP contribution in [0.3, 0.4) is 0 Å². The van der Waals surface area contributed by atoms with E-state index in [0.717, 1.165) is 57.8 Å². The largest absolute Gasteiger partial charge is 0.438 e. The van der Waals surface area contributed by atoms with Gasteiger partial charge in [-0.1, -0.05) is 71.6 Å². The van der Waals surface area contributed by atoms with Gasteiger partial charge in [-0.25, -0.2) is 0 Å². The summed E-state index contributed by atoms with van der Waals surface area (Å²) in [5, 5.41) is 0. The topological polar surface area (TPSA) is 71.1 Å². The molecule has 6 heteroatoms. The highest BCUT2D eigenvalue weighted by Gasteiger charge is 2.04. The maximum absolute atomic E-state index is 11.6. The molecule has 0 saturated heterocycles. The summed E-state index contributed by atoms with van der Waals surface area (Å²) >= 11 is 0. The van der Waals surface area contributed by atoms with Crippen molar-refractivity contribution < 1.29 is 28.5 Å². The Balaban J connectivity index is 3.27. The number of carbonyl (C=O) groups is 2. The third-order valence-electron chi connectivity index (χ3n) is 4.65. The summed E-state index contributed by atoms with van der Waals surface area (Å²) < 4.78 is 20.7. The first-order chi connectivity index (χ1) is 14.2. The zero-order valence-corrected chi connectivity index (χ0v) is 18.9. The van der Waals surface area contributed by atoms with Gasteiger partial charge in [0.1, 0.15) is 0 Å². The summed E-state index contributed by atoms with van der Waals surface area (Å²) in [4.78, 5) is 23.2. The third-order valence-corrected chi connectivity index (χ3v) is 4.65. The van der Waals surface area contributed by atoms with Crippen LogP contribution < -0.4 is 0 Å². The van der Waals surface area contributed by atoms with E-state index in [-0.39, 0.29) is 25.5 Å². The minimum absolute atomic E-state index is 0.0650. The second-order valence-electron chi connectivity index (χ2n) is 7.47. The Morgan fingerprint density at radius 2 is 0.897 bits per heavy atom. The number of esters is 2. The van der Waals surface area contributed by atoms with Gasteiger partial charge in [-0.2, -0.15) is 0 Å². The fourth-order valence-electron chi connectivity index (χ4n) is 2.81. The molecule has 29 heavy (non-hydrogen) atoms. The van der Waals surface area contributed by atoms with E-state index in [9.17, 15) is 9.59 Å². The molecule has 0 heterocycles. The molecule has 0 N–H and O–H groups in total. The van der Waals surface area contributed by atoms with Crippen LogP contribution in [0.1, 0.15) is 110 Å². The van der Waals surface area contributed by atoms with Gasteiger partial charge in [0.05, 0.1) is 13.2 Å². The molecule has 0 rings (SSSR count). The molecule has 0 spiro atoms. The van der Waals surface area contributed by atoms with Crippen molar-refractivity contribution >= 4 is 11.9 Å². The first-order valence-electron chi connectivity index (χ1n) is 11.7. The van der Waals surface area contributed by atoms with Crippen LogP contribution in [0.2, 0.25) is 0 Å². The van der Waals surface area contributed by atoms with Crippen molar-refractivity contribution in [1.82, 2.24) is 0 Å². The molecule has 0 atom stereocenters. The Morgan fingerprint density at radius 1 is 0.517 bits per heavy atom. The van der Waals surface area contributed by atoms with E-state index in [1.54, 1.807) is 0 Å². The first kappa shape index (κ1) is 27.9. The molecule has 0 unspecified atom stereocenters. The van der Waals surface area contributed by atoms with Crippen molar-refractivity contribution in [2.24, 2.45) is 0 Å². The molecule has 0 fully saturated rings. The van der Waals surface area contributed by atoms with Crippen molar-refractivity contribution in [1.29, 1.82) is 0 Å². The van der Waals surface area contributed by atoms with Crippen LogP contribution in [-0.4, -0.2) is 38.7 Å². The lowest BCUT2D eigenvalue weighted by Crippen LogP contribution is -2.09. The van der Waals surface area contributed by atoms with Crippen LogP contribution in [-0.2, 0) is 28.5 Å². The van der Waals surface area contributed by atoms with Crippen molar-refractivity contribution in [3.05, 3.63) is 0 Å². The fraction of sp³-hybridized carbons (Fsp3) is 0.913. The molecule has 0 radical (unpaired) electrons. The molecule has 0 amide bonds. The number of unbranched alkanes of at least 4 members (excludes halogenated alkanes) is 10. The molecule has 0 bridgehead atoms. The maximum atomic E-state index is 11.6. The van der Waals surface area contributed by atoms with Gasteiger partial charge in [-0.05, 0) is 25.7 Å². The van der Waals surface area contributed by atoms with Gasteiger partial charge in [0.2, 0.25) is 0 Å². The van der Waals surface area contributed by atoms with Crippen LogP contribution in [0, 0.1) is 0 Å². The number of hydrogen-bond donors (Lipinski definition) is 0. The van der Waals surface area contributed by atoms with Crippen LogP contribution in [0.5, 0.6) is 0 Å². The molecule has 0 saturated carbocycles. The summed E-state index contributed by atoms with van der Waals surface area (Å²) in [6, 6.07) is 0. The van der Waals surface area contributed by atoms with Gasteiger partial charge in [0.25, 0.3) is 0 Å². The molecule has 0 aromatic heterocycles. The molecule has 0 aliphatic heterocycles. The summed E-state index contributed by atoms with van der Waals surface area (Å²) in [5.74, 6) is -0.395. The Bertz CT molecular complexity index is 338. The number of hydrogen-bond acceptors (Lipinski definition) is 6. The zero-order valence-electron chi connectivity index (χ0n) is 18.9. The molecular formula is C23H44O6. The zero-order chi connectivity index (χ0) is 21.4. The SMILES string of the molecule is CCCCCCOCOC(=O)CCCCCCCC(=O)OCOCCCCCC. The summed E-state index contributed by atoms with van der Waals surface area (Å²) in [5.41, 5.74) is 0. The van der Waals surface area contributed by atoms with E-state index in [1.165, 1.54) is 25.7 Å². The van der Waals surface area contributed by atoms with Crippen LogP contribution in [0.15, 0.2) is 0 Å². The summed E-state index contributed by atoms with van der Waals surface area (Å²) in [6.45, 7) is 5.78. The predicted octanol–water partition coefficient (Wildman–Crippen LogP) is 5.91. The Kier molecular flexibility index (Phi) is 22.2. The lowest BCUT2D eigenvalue weighted by Gasteiger charge is -2.07. The van der Waals surface area contributed by atoms with Gasteiger partial charge >= 0.3 is 11.9 Å². The fourth-order valence-corrected chi connectivity index (χ4v) is 2.81. The Hall–Kier alpha value is -1.14. The second kappa shape index (κ2) is 23.1. The molecule has 0 aliphatic rings. The molecule has 172 valence electrons. The minimum atomic E-state index is -0.197. The van der Waals surface area contributed by atoms with Crippen molar-refractivity contribution in [2.75, 3.05) is 26.8 Å². The normalized spacial score (nSPS) is 10.8. The van der Waals surface area contributed by atoms with Gasteiger partial charge in [0.15, 0.2) is 13.6 Å². The van der Waals surface area contributed by atoms with Crippen LogP contribution in [0.25, 0.3) is 0 Å². The number of carbonyl (C=O) groups excluding carboxylic acids is 2. The number of ether oxygens (including phenoxy) is 4. The van der Waals surface area contributed by atoms with Crippen LogP contribution >= 0.6 is 0 Å². The molecule has 0 aromatic carbocycles. The van der Waals surface area contributed by atoms with Crippen molar-refractivity contribution in [2.45, 2.75) is 110 Å². The van der Waals surface area contributed by atoms with E-state index in [0.29, 0.717) is 26.1 Å². The molecular weight excluding hydrogens is 372 g/mol. The highest BCUT2D eigenvalue weighted by Crippen LogP contribution is 2.09. The van der Waals surface area contributed by atoms with Crippen LogP contribution in [0.4, 0.5) is 0 Å². The highest BCUT2D eigenvalue weighted by atomic mass is 16.7. The lowest BCUT2D eigenvalue weighted by molar-refractivity contribution is -0.157. The van der Waals surface area contributed by atoms with Crippen molar-refractivity contribution in [3.63, 3.8) is 0 Å². The maximum Gasteiger partial charge on any atom is 0.307 e. The van der Waals surface area contributed by atoms with E-state index in [1.807, 2.05) is 0 Å². The first-order valence-corrected chi connectivity index (χ1v) is 11.7. The monoisotopic (exact) mass is 416 g/mol. The molecule has 0 aromatic rings. The van der Waals surface area contributed by atoms with Gasteiger partial charge in [-0.15, -0.1) is 0 Å². The summed E-state index contributed by atoms with van der Waals surface area (Å²) in [7, 11) is 0. The predicted molar refractivity (Wildman–Crippen MR) is 114 cm³/mol. The Morgan fingerprint density at radius 3 is 1.31 bits per heavy atom. The van der Waals surface area contributed by atoms with E-state index in [2.05, 4.69) is 13.8 Å². The lowest BCUT2D eigenvalue weighted by atomic mass is 10.1. The molecule has 0 aliphatic carbocycles. The standard InChI is InChI=1S/C23H44O6/c1-3-5-7-14-18-26-20-28-22(24)16-12-10-9-11-13-17-23(25)29-21-27-19-15-8-6-4-2/h3-21H2,1-2H3. The second-order valence-corrected chi connectivity index (χ2v) is 7.47.